The minimum Gasteiger partial charge on any atom is -0.481 e. The fraction of sp³-hybridized carbons (Fsp3) is 0.318. The molecule has 5 N–H and O–H groups in total. The zero-order valence-electron chi connectivity index (χ0n) is 20.6. The fourth-order valence-corrected chi connectivity index (χ4v) is 8.37. The molecule has 0 radical (unpaired) electrons. The number of carboxylic acid groups (broad SMARTS) is 2. The molecular formula is C22H21ClN6O7S4. The van der Waals surface area contributed by atoms with Crippen molar-refractivity contribution >= 4 is 92.4 Å². The summed E-state index contributed by atoms with van der Waals surface area (Å²) in [5, 5.41) is 24.8. The molecule has 4 rings (SSSR count). The Hall–Kier alpha value is -3.12. The highest BCUT2D eigenvalue weighted by Gasteiger charge is 2.54. The molecule has 0 aliphatic carbocycles. The Morgan fingerprint density at radius 2 is 2.10 bits per heavy atom. The number of carbonyl (C=O) groups is 4. The molecule has 0 saturated carbocycles. The van der Waals surface area contributed by atoms with Crippen LogP contribution in [-0.2, 0) is 30.4 Å². The van der Waals surface area contributed by atoms with Gasteiger partial charge in [0, 0.05) is 16.4 Å². The smallest absolute Gasteiger partial charge is 0.352 e. The number of carboxylic acids is 2. The van der Waals surface area contributed by atoms with Gasteiger partial charge >= 0.3 is 11.9 Å². The number of oxime groups is 1. The van der Waals surface area contributed by atoms with Crippen LogP contribution >= 0.6 is 57.8 Å². The molecule has 2 aromatic rings. The Morgan fingerprint density at radius 1 is 1.35 bits per heavy atom. The molecule has 40 heavy (non-hydrogen) atoms. The van der Waals surface area contributed by atoms with Crippen LogP contribution in [0.2, 0.25) is 4.34 Å². The highest BCUT2D eigenvalue weighted by molar-refractivity contribution is 8.01. The molecule has 1 saturated heterocycles. The van der Waals surface area contributed by atoms with Crippen molar-refractivity contribution in [1.82, 2.24) is 20.2 Å². The zero-order valence-corrected chi connectivity index (χ0v) is 24.6. The molecule has 4 heterocycles. The maximum absolute atomic E-state index is 13.1. The minimum absolute atomic E-state index is 0.00236. The van der Waals surface area contributed by atoms with Gasteiger partial charge < -0.3 is 26.1 Å². The first-order valence-electron chi connectivity index (χ1n) is 11.3. The molecule has 2 aromatic heterocycles. The van der Waals surface area contributed by atoms with E-state index in [0.717, 1.165) is 16.2 Å². The van der Waals surface area contributed by atoms with Crippen LogP contribution in [0.3, 0.4) is 0 Å². The Kier molecular flexibility index (Phi) is 9.40. The second-order valence-electron chi connectivity index (χ2n) is 8.16. The van der Waals surface area contributed by atoms with E-state index in [-0.39, 0.29) is 45.4 Å². The van der Waals surface area contributed by atoms with Gasteiger partial charge in [0.15, 0.2) is 15.2 Å². The Labute approximate surface area is 248 Å². The standard InChI is InChI=1S/C22H21ClN6O7S4/c1-3-4-36-28-13(12-16(23)40-21(24)27-12)17(32)26-14-18(33)29-15(20(34)35)9(6-37-19(14)29)7-38-22-25-8(2)10(39-22)5-11(30)31/h3,14,19H,1,4-7H2,2H3,(H2,24,27)(H,26,32)(H,30,31)(H,34,35)/t14?,19-/m1/s1. The predicted molar refractivity (Wildman–Crippen MR) is 153 cm³/mol. The maximum Gasteiger partial charge on any atom is 0.352 e. The van der Waals surface area contributed by atoms with Gasteiger partial charge in [-0.15, -0.1) is 23.1 Å². The summed E-state index contributed by atoms with van der Waals surface area (Å²) in [5.41, 5.74) is 6.35. The third-order valence-electron chi connectivity index (χ3n) is 5.48. The molecule has 13 nitrogen and oxygen atoms in total. The van der Waals surface area contributed by atoms with Crippen molar-refractivity contribution in [1.29, 1.82) is 0 Å². The molecule has 2 atom stereocenters. The number of thioether (sulfide) groups is 2. The second kappa shape index (κ2) is 12.6. The van der Waals surface area contributed by atoms with Gasteiger partial charge in [-0.3, -0.25) is 19.3 Å². The van der Waals surface area contributed by atoms with Crippen LogP contribution in [0.5, 0.6) is 0 Å². The summed E-state index contributed by atoms with van der Waals surface area (Å²) in [6.45, 7) is 5.22. The lowest BCUT2D eigenvalue weighted by atomic mass is 10.0. The van der Waals surface area contributed by atoms with Gasteiger partial charge in [-0.05, 0) is 12.5 Å². The van der Waals surface area contributed by atoms with Crippen molar-refractivity contribution in [2.75, 3.05) is 23.8 Å². The van der Waals surface area contributed by atoms with Crippen molar-refractivity contribution in [3.05, 3.63) is 44.5 Å². The lowest BCUT2D eigenvalue weighted by Crippen LogP contribution is -2.71. The minimum atomic E-state index is -1.27. The number of fused-ring (bicyclic) bond motifs is 1. The molecule has 1 unspecified atom stereocenters. The number of nitrogen functional groups attached to an aromatic ring is 1. The first-order valence-corrected chi connectivity index (χ1v) is 15.3. The predicted octanol–water partition coefficient (Wildman–Crippen LogP) is 2.21. The number of nitrogens with zero attached hydrogens (tertiary/aromatic N) is 4. The molecule has 0 aromatic carbocycles. The quantitative estimate of drug-likeness (QED) is 0.0657. The number of carbonyl (C=O) groups excluding carboxylic acids is 2. The van der Waals surface area contributed by atoms with Crippen LogP contribution in [0, 0.1) is 6.92 Å². The van der Waals surface area contributed by atoms with E-state index in [1.807, 2.05) is 0 Å². The number of halogens is 1. The summed E-state index contributed by atoms with van der Waals surface area (Å²) in [7, 11) is 0. The normalized spacial score (nSPS) is 18.7. The van der Waals surface area contributed by atoms with Gasteiger partial charge in [-0.2, -0.15) is 0 Å². The van der Waals surface area contributed by atoms with Gasteiger partial charge in [-0.25, -0.2) is 14.8 Å². The van der Waals surface area contributed by atoms with Gasteiger partial charge in [0.05, 0.1) is 12.1 Å². The summed E-state index contributed by atoms with van der Waals surface area (Å²) < 4.78 is 0.705. The van der Waals surface area contributed by atoms with E-state index in [4.69, 9.17) is 27.3 Å². The molecule has 2 aliphatic heterocycles. The van der Waals surface area contributed by atoms with E-state index < -0.39 is 35.2 Å². The number of aryl methyl sites for hydroxylation is 1. The highest BCUT2D eigenvalue weighted by atomic mass is 35.5. The number of anilines is 1. The third-order valence-corrected chi connectivity index (χ3v) is 10.3. The van der Waals surface area contributed by atoms with E-state index >= 15 is 0 Å². The summed E-state index contributed by atoms with van der Waals surface area (Å²) in [6.07, 6.45) is 1.28. The van der Waals surface area contributed by atoms with E-state index in [1.165, 1.54) is 40.9 Å². The Morgan fingerprint density at radius 3 is 2.73 bits per heavy atom. The third kappa shape index (κ3) is 6.27. The first kappa shape index (κ1) is 29.9. The molecule has 2 aliphatic rings. The fourth-order valence-electron chi connectivity index (χ4n) is 3.73. The van der Waals surface area contributed by atoms with Gasteiger partial charge in [0.2, 0.25) is 0 Å². The van der Waals surface area contributed by atoms with Crippen molar-refractivity contribution in [3.63, 3.8) is 0 Å². The number of hydrogen-bond acceptors (Lipinski definition) is 13. The Balaban J connectivity index is 1.49. The number of hydrogen-bond donors (Lipinski definition) is 4. The number of aliphatic carboxylic acids is 2. The number of amides is 2. The van der Waals surface area contributed by atoms with Gasteiger partial charge in [0.1, 0.15) is 33.7 Å². The average molecular weight is 645 g/mol. The van der Waals surface area contributed by atoms with Gasteiger partial charge in [0.25, 0.3) is 11.8 Å². The largest absolute Gasteiger partial charge is 0.481 e. The van der Waals surface area contributed by atoms with Crippen molar-refractivity contribution in [2.24, 2.45) is 5.16 Å². The highest BCUT2D eigenvalue weighted by Crippen LogP contribution is 2.42. The maximum atomic E-state index is 13.1. The van der Waals surface area contributed by atoms with Crippen LogP contribution in [-0.4, -0.2) is 84.1 Å². The number of thiazole rings is 2. The monoisotopic (exact) mass is 644 g/mol. The van der Waals surface area contributed by atoms with Crippen molar-refractivity contribution in [3.8, 4) is 0 Å². The number of rotatable bonds is 12. The van der Waals surface area contributed by atoms with E-state index in [0.29, 0.717) is 26.2 Å². The van der Waals surface area contributed by atoms with Crippen LogP contribution in [0.4, 0.5) is 5.13 Å². The summed E-state index contributed by atoms with van der Waals surface area (Å²) >= 11 is 10.9. The van der Waals surface area contributed by atoms with E-state index in [2.05, 4.69) is 27.0 Å². The van der Waals surface area contributed by atoms with Gasteiger partial charge in [-0.1, -0.05) is 52.5 Å². The average Bonchev–Trinajstić information content (AvgIpc) is 3.41. The summed E-state index contributed by atoms with van der Waals surface area (Å²) in [5.74, 6) is -3.11. The van der Waals surface area contributed by atoms with Crippen molar-refractivity contribution in [2.45, 2.75) is 29.1 Å². The number of aromatic nitrogens is 2. The number of nitrogens with two attached hydrogens (primary N) is 1. The lowest BCUT2D eigenvalue weighted by molar-refractivity contribution is -0.150. The van der Waals surface area contributed by atoms with Crippen LogP contribution in [0.25, 0.3) is 0 Å². The SMILES string of the molecule is C=CCON=C(C(=O)NC1C(=O)N2C(C(=O)O)=C(CSc3nc(C)c(CC(=O)O)s3)CS[C@H]12)c1nc(N)sc1Cl. The molecule has 212 valence electrons. The van der Waals surface area contributed by atoms with Crippen LogP contribution in [0.1, 0.15) is 16.3 Å². The molecule has 0 spiro atoms. The topological polar surface area (TPSA) is 197 Å². The van der Waals surface area contributed by atoms with E-state index in [9.17, 15) is 24.3 Å². The Bertz CT molecular complexity index is 1450. The van der Waals surface area contributed by atoms with E-state index in [1.54, 1.807) is 6.92 Å². The number of β-lactam (4-membered cyclic amide) rings is 1. The van der Waals surface area contributed by atoms with Crippen LogP contribution in [0.15, 0.2) is 33.4 Å². The molecular weight excluding hydrogens is 624 g/mol. The molecule has 0 bridgehead atoms. The summed E-state index contributed by atoms with van der Waals surface area (Å²) in [6, 6.07) is -1.03. The van der Waals surface area contributed by atoms with Crippen LogP contribution < -0.4 is 11.1 Å². The molecule has 1 fully saturated rings. The zero-order chi connectivity index (χ0) is 29.1. The number of nitrogens with one attached hydrogen (secondary N) is 1. The molecule has 18 heteroatoms. The lowest BCUT2D eigenvalue weighted by Gasteiger charge is -2.49. The van der Waals surface area contributed by atoms with Crippen molar-refractivity contribution < 1.29 is 34.2 Å². The summed E-state index contributed by atoms with van der Waals surface area (Å²) in [4.78, 5) is 64.7. The molecule has 2 amide bonds. The second-order valence-corrected chi connectivity index (χ2v) is 13.2. The first-order chi connectivity index (χ1) is 19.0.